The highest BCUT2D eigenvalue weighted by molar-refractivity contribution is 6.03. The van der Waals surface area contributed by atoms with Crippen LogP contribution >= 0.6 is 0 Å². The number of rotatable bonds is 5. The van der Waals surface area contributed by atoms with Crippen molar-refractivity contribution in [1.29, 1.82) is 0 Å². The number of nitrogens with zero attached hydrogens (tertiary/aromatic N) is 2. The summed E-state index contributed by atoms with van der Waals surface area (Å²) in [6.45, 7) is 0. The zero-order valence-electron chi connectivity index (χ0n) is 16.4. The Kier molecular flexibility index (Phi) is 5.53. The first kappa shape index (κ1) is 20.0. The highest BCUT2D eigenvalue weighted by Crippen LogP contribution is 2.26. The lowest BCUT2D eigenvalue weighted by atomic mass is 10.0. The number of carbonyl (C=O) groups is 1. The molecule has 1 amide bonds. The molecule has 1 heterocycles. The van der Waals surface area contributed by atoms with Crippen molar-refractivity contribution in [1.82, 2.24) is 15.4 Å². The summed E-state index contributed by atoms with van der Waals surface area (Å²) in [6, 6.07) is 18.3. The zero-order valence-corrected chi connectivity index (χ0v) is 16.4. The molecule has 0 spiro atoms. The SMILES string of the molecule is COc1ccc2ccccc2c1/C=N/NC(=O)c1cc(-c2ccc(F)cc2)nc(=O)[nH]1. The summed E-state index contributed by atoms with van der Waals surface area (Å²) in [5.74, 6) is -0.435. The van der Waals surface area contributed by atoms with Gasteiger partial charge in [0, 0.05) is 11.1 Å². The Morgan fingerprint density at radius 1 is 1.13 bits per heavy atom. The van der Waals surface area contributed by atoms with E-state index in [0.717, 1.165) is 10.8 Å². The van der Waals surface area contributed by atoms with E-state index in [2.05, 4.69) is 20.5 Å². The van der Waals surface area contributed by atoms with E-state index in [1.165, 1.54) is 36.5 Å². The van der Waals surface area contributed by atoms with Crippen molar-refractivity contribution in [2.24, 2.45) is 5.10 Å². The number of nitrogens with one attached hydrogen (secondary N) is 2. The molecule has 0 aliphatic carbocycles. The van der Waals surface area contributed by atoms with E-state index in [0.29, 0.717) is 16.9 Å². The van der Waals surface area contributed by atoms with Gasteiger partial charge in [0.15, 0.2) is 0 Å². The van der Waals surface area contributed by atoms with Crippen LogP contribution in [0.5, 0.6) is 5.75 Å². The van der Waals surface area contributed by atoms with Crippen LogP contribution in [0.3, 0.4) is 0 Å². The van der Waals surface area contributed by atoms with E-state index in [4.69, 9.17) is 4.74 Å². The molecule has 0 bridgehead atoms. The number of aromatic nitrogens is 2. The molecule has 0 atom stereocenters. The number of amides is 1. The van der Waals surface area contributed by atoms with Crippen molar-refractivity contribution in [3.05, 3.63) is 94.3 Å². The summed E-state index contributed by atoms with van der Waals surface area (Å²) in [4.78, 5) is 30.6. The number of hydrogen-bond donors (Lipinski definition) is 2. The zero-order chi connectivity index (χ0) is 21.8. The third-order valence-electron chi connectivity index (χ3n) is 4.64. The fourth-order valence-corrected chi connectivity index (χ4v) is 3.15. The first-order chi connectivity index (χ1) is 15.0. The van der Waals surface area contributed by atoms with Crippen LogP contribution in [0.1, 0.15) is 16.1 Å². The average molecular weight is 416 g/mol. The molecule has 2 N–H and O–H groups in total. The first-order valence-electron chi connectivity index (χ1n) is 9.31. The van der Waals surface area contributed by atoms with E-state index in [-0.39, 0.29) is 11.4 Å². The van der Waals surface area contributed by atoms with Crippen molar-refractivity contribution >= 4 is 22.9 Å². The number of aromatic amines is 1. The number of carbonyl (C=O) groups excluding carboxylic acids is 1. The molecule has 0 saturated carbocycles. The second-order valence-electron chi connectivity index (χ2n) is 6.59. The topological polar surface area (TPSA) is 96.4 Å². The minimum atomic E-state index is -0.702. The molecule has 0 fully saturated rings. The Bertz CT molecular complexity index is 1350. The molecule has 4 rings (SSSR count). The van der Waals surface area contributed by atoms with Crippen LogP contribution < -0.4 is 15.9 Å². The highest BCUT2D eigenvalue weighted by atomic mass is 19.1. The second kappa shape index (κ2) is 8.58. The minimum absolute atomic E-state index is 0.0265. The maximum Gasteiger partial charge on any atom is 0.346 e. The van der Waals surface area contributed by atoms with E-state index < -0.39 is 17.4 Å². The lowest BCUT2D eigenvalue weighted by Gasteiger charge is -2.08. The van der Waals surface area contributed by atoms with Crippen LogP contribution in [-0.4, -0.2) is 29.2 Å². The fourth-order valence-electron chi connectivity index (χ4n) is 3.15. The van der Waals surface area contributed by atoms with E-state index in [1.807, 2.05) is 36.4 Å². The molecule has 8 heteroatoms. The molecule has 4 aromatic rings. The maximum atomic E-state index is 13.1. The second-order valence-corrected chi connectivity index (χ2v) is 6.59. The molecule has 0 saturated heterocycles. The monoisotopic (exact) mass is 416 g/mol. The molecule has 7 nitrogen and oxygen atoms in total. The number of halogens is 1. The van der Waals surface area contributed by atoms with Crippen LogP contribution in [0.2, 0.25) is 0 Å². The summed E-state index contributed by atoms with van der Waals surface area (Å²) in [5.41, 5.74) is 3.12. The van der Waals surface area contributed by atoms with Gasteiger partial charge in [-0.15, -0.1) is 0 Å². The Balaban J connectivity index is 1.60. The third-order valence-corrected chi connectivity index (χ3v) is 4.64. The summed E-state index contributed by atoms with van der Waals surface area (Å²) in [7, 11) is 1.55. The van der Waals surface area contributed by atoms with Gasteiger partial charge >= 0.3 is 5.69 Å². The third kappa shape index (κ3) is 4.32. The van der Waals surface area contributed by atoms with Gasteiger partial charge in [-0.1, -0.05) is 30.3 Å². The van der Waals surface area contributed by atoms with Gasteiger partial charge in [0.25, 0.3) is 5.91 Å². The molecular weight excluding hydrogens is 399 g/mol. The molecule has 154 valence electrons. The van der Waals surface area contributed by atoms with Gasteiger partial charge in [-0.25, -0.2) is 14.6 Å². The number of hydrazone groups is 1. The molecule has 3 aromatic carbocycles. The lowest BCUT2D eigenvalue weighted by Crippen LogP contribution is -2.24. The Morgan fingerprint density at radius 3 is 2.68 bits per heavy atom. The quantitative estimate of drug-likeness (QED) is 0.384. The lowest BCUT2D eigenvalue weighted by molar-refractivity contribution is 0.0949. The molecule has 0 aliphatic heterocycles. The number of ether oxygens (including phenoxy) is 1. The van der Waals surface area contributed by atoms with Gasteiger partial charge in [-0.3, -0.25) is 4.79 Å². The minimum Gasteiger partial charge on any atom is -0.496 e. The van der Waals surface area contributed by atoms with Gasteiger partial charge in [-0.05, 0) is 47.2 Å². The summed E-state index contributed by atoms with van der Waals surface area (Å²) < 4.78 is 18.5. The number of benzene rings is 3. The van der Waals surface area contributed by atoms with Gasteiger partial charge < -0.3 is 9.72 Å². The molecule has 0 aliphatic rings. The summed E-state index contributed by atoms with van der Waals surface area (Å²) in [5, 5.41) is 5.94. The van der Waals surface area contributed by atoms with Crippen molar-refractivity contribution in [2.75, 3.05) is 7.11 Å². The predicted molar refractivity (Wildman–Crippen MR) is 116 cm³/mol. The van der Waals surface area contributed by atoms with Crippen LogP contribution in [-0.2, 0) is 0 Å². The van der Waals surface area contributed by atoms with Crippen molar-refractivity contribution in [3.8, 4) is 17.0 Å². The predicted octanol–water partition coefficient (Wildman–Crippen LogP) is 3.50. The molecule has 31 heavy (non-hydrogen) atoms. The van der Waals surface area contributed by atoms with E-state index in [9.17, 15) is 14.0 Å². The van der Waals surface area contributed by atoms with E-state index >= 15 is 0 Å². The van der Waals surface area contributed by atoms with Gasteiger partial charge in [-0.2, -0.15) is 10.1 Å². The van der Waals surface area contributed by atoms with Crippen LogP contribution in [0.25, 0.3) is 22.0 Å². The largest absolute Gasteiger partial charge is 0.496 e. The average Bonchev–Trinajstić information content (AvgIpc) is 2.79. The molecule has 0 unspecified atom stereocenters. The Labute approximate surface area is 176 Å². The van der Waals surface area contributed by atoms with Crippen LogP contribution in [0.15, 0.2) is 76.6 Å². The van der Waals surface area contributed by atoms with Gasteiger partial charge in [0.1, 0.15) is 17.3 Å². The number of fused-ring (bicyclic) bond motifs is 1. The first-order valence-corrected chi connectivity index (χ1v) is 9.31. The number of methoxy groups -OCH3 is 1. The number of hydrogen-bond acceptors (Lipinski definition) is 5. The standard InChI is InChI=1S/C23H17FN4O3/c1-31-21-11-8-14-4-2-3-5-17(14)18(21)13-25-28-22(29)20-12-19(26-23(30)27-20)15-6-9-16(24)10-7-15/h2-13H,1H3,(H,28,29)(H,26,27,30)/b25-13+. The van der Waals surface area contributed by atoms with Crippen molar-refractivity contribution in [3.63, 3.8) is 0 Å². The van der Waals surface area contributed by atoms with Gasteiger partial charge in [0.05, 0.1) is 19.0 Å². The summed E-state index contributed by atoms with van der Waals surface area (Å²) >= 11 is 0. The molecule has 1 aromatic heterocycles. The van der Waals surface area contributed by atoms with E-state index in [1.54, 1.807) is 7.11 Å². The smallest absolute Gasteiger partial charge is 0.346 e. The normalized spacial score (nSPS) is 11.0. The summed E-state index contributed by atoms with van der Waals surface area (Å²) in [6.07, 6.45) is 1.49. The molecular formula is C23H17FN4O3. The van der Waals surface area contributed by atoms with Gasteiger partial charge in [0.2, 0.25) is 0 Å². The number of H-pyrrole nitrogens is 1. The fraction of sp³-hybridized carbons (Fsp3) is 0.0435. The molecule has 0 radical (unpaired) electrons. The van der Waals surface area contributed by atoms with Crippen LogP contribution in [0, 0.1) is 5.82 Å². The Morgan fingerprint density at radius 2 is 1.90 bits per heavy atom. The van der Waals surface area contributed by atoms with Crippen molar-refractivity contribution < 1.29 is 13.9 Å². The van der Waals surface area contributed by atoms with Crippen molar-refractivity contribution in [2.45, 2.75) is 0 Å². The highest BCUT2D eigenvalue weighted by Gasteiger charge is 2.11. The van der Waals surface area contributed by atoms with Crippen LogP contribution in [0.4, 0.5) is 4.39 Å². The maximum absolute atomic E-state index is 13.1. The Hall–Kier alpha value is -4.33.